The zero-order valence-electron chi connectivity index (χ0n) is 16.0. The van der Waals surface area contributed by atoms with Gasteiger partial charge in [0, 0.05) is 13.1 Å². The predicted molar refractivity (Wildman–Crippen MR) is 107 cm³/mol. The lowest BCUT2D eigenvalue weighted by Gasteiger charge is -2.35. The van der Waals surface area contributed by atoms with Gasteiger partial charge in [-0.2, -0.15) is 0 Å². The summed E-state index contributed by atoms with van der Waals surface area (Å²) in [6.45, 7) is 3.33. The van der Waals surface area contributed by atoms with Gasteiger partial charge in [0.2, 0.25) is 11.8 Å². The van der Waals surface area contributed by atoms with Crippen molar-refractivity contribution in [2.75, 3.05) is 13.1 Å². The summed E-state index contributed by atoms with van der Waals surface area (Å²) in [6.07, 6.45) is 3.86. The van der Waals surface area contributed by atoms with E-state index in [0.29, 0.717) is 19.5 Å². The van der Waals surface area contributed by atoms with Crippen LogP contribution in [0.25, 0.3) is 0 Å². The second-order valence-electron chi connectivity index (χ2n) is 7.29. The number of amides is 2. The van der Waals surface area contributed by atoms with Crippen LogP contribution >= 0.6 is 0 Å². The van der Waals surface area contributed by atoms with Gasteiger partial charge >= 0.3 is 0 Å². The Labute approximate surface area is 161 Å². The lowest BCUT2D eigenvalue weighted by Crippen LogP contribution is -2.52. The monoisotopic (exact) mass is 364 g/mol. The third-order valence-corrected chi connectivity index (χ3v) is 5.16. The first-order valence-corrected chi connectivity index (χ1v) is 9.80. The first-order valence-electron chi connectivity index (χ1n) is 9.80. The Hall–Kier alpha value is -2.62. The van der Waals surface area contributed by atoms with Crippen LogP contribution in [0, 0.1) is 6.92 Å². The molecule has 0 aromatic heterocycles. The van der Waals surface area contributed by atoms with Gasteiger partial charge in [0.15, 0.2) is 0 Å². The minimum Gasteiger partial charge on any atom is -0.354 e. The first kappa shape index (κ1) is 19.2. The number of carbonyl (C=O) groups excluding carboxylic acids is 2. The summed E-state index contributed by atoms with van der Waals surface area (Å²) < 4.78 is 0. The highest BCUT2D eigenvalue weighted by Crippen LogP contribution is 2.19. The van der Waals surface area contributed by atoms with Crippen molar-refractivity contribution >= 4 is 11.8 Å². The maximum absolute atomic E-state index is 12.8. The van der Waals surface area contributed by atoms with Crippen LogP contribution in [0.3, 0.4) is 0 Å². The van der Waals surface area contributed by atoms with Crippen LogP contribution in [0.5, 0.6) is 0 Å². The smallest absolute Gasteiger partial charge is 0.242 e. The van der Waals surface area contributed by atoms with Gasteiger partial charge in [-0.15, -0.1) is 0 Å². The Balaban J connectivity index is 1.54. The molecule has 4 heteroatoms. The van der Waals surface area contributed by atoms with E-state index in [1.807, 2.05) is 30.3 Å². The van der Waals surface area contributed by atoms with Crippen molar-refractivity contribution in [3.63, 3.8) is 0 Å². The van der Waals surface area contributed by atoms with Crippen LogP contribution in [-0.4, -0.2) is 35.8 Å². The van der Waals surface area contributed by atoms with E-state index < -0.39 is 0 Å². The second-order valence-corrected chi connectivity index (χ2v) is 7.29. The SMILES string of the molecule is Cc1ccc(CCNC(=O)C2CCCCN2C(=O)Cc2ccccc2)cc1. The summed E-state index contributed by atoms with van der Waals surface area (Å²) in [7, 11) is 0. The molecule has 0 aliphatic carbocycles. The number of aryl methyl sites for hydroxylation is 1. The third kappa shape index (κ3) is 5.43. The molecule has 0 saturated carbocycles. The van der Waals surface area contributed by atoms with Crippen LogP contribution in [0.4, 0.5) is 0 Å². The van der Waals surface area contributed by atoms with Crippen molar-refractivity contribution < 1.29 is 9.59 Å². The van der Waals surface area contributed by atoms with Crippen LogP contribution in [-0.2, 0) is 22.4 Å². The Bertz CT molecular complexity index is 756. The molecule has 1 aliphatic heterocycles. The average Bonchev–Trinajstić information content (AvgIpc) is 2.70. The van der Waals surface area contributed by atoms with E-state index in [1.54, 1.807) is 4.90 Å². The largest absolute Gasteiger partial charge is 0.354 e. The zero-order valence-corrected chi connectivity index (χ0v) is 16.0. The zero-order chi connectivity index (χ0) is 19.1. The Morgan fingerprint density at radius 2 is 1.74 bits per heavy atom. The Morgan fingerprint density at radius 1 is 1.00 bits per heavy atom. The highest BCUT2D eigenvalue weighted by Gasteiger charge is 2.31. The van der Waals surface area contributed by atoms with Gasteiger partial charge in [-0.05, 0) is 43.7 Å². The van der Waals surface area contributed by atoms with E-state index in [0.717, 1.165) is 31.2 Å². The standard InChI is InChI=1S/C23H28N2O2/c1-18-10-12-19(13-11-18)14-15-24-23(27)21-9-5-6-16-25(21)22(26)17-20-7-3-2-4-8-20/h2-4,7-8,10-13,21H,5-6,9,14-17H2,1H3,(H,24,27). The molecule has 4 nitrogen and oxygen atoms in total. The molecule has 1 fully saturated rings. The minimum atomic E-state index is -0.340. The molecule has 0 spiro atoms. The van der Waals surface area contributed by atoms with Crippen molar-refractivity contribution in [2.24, 2.45) is 0 Å². The summed E-state index contributed by atoms with van der Waals surface area (Å²) in [5.74, 6) is 0.0165. The van der Waals surface area contributed by atoms with Crippen molar-refractivity contribution in [3.8, 4) is 0 Å². The number of nitrogens with zero attached hydrogens (tertiary/aromatic N) is 1. The molecule has 1 unspecified atom stereocenters. The molecule has 142 valence electrons. The van der Waals surface area contributed by atoms with Crippen LogP contribution < -0.4 is 5.32 Å². The normalized spacial score (nSPS) is 16.8. The molecule has 2 amide bonds. The summed E-state index contributed by atoms with van der Waals surface area (Å²) in [5, 5.41) is 3.03. The summed E-state index contributed by atoms with van der Waals surface area (Å²) in [5.41, 5.74) is 3.44. The fraction of sp³-hybridized carbons (Fsp3) is 0.391. The molecular formula is C23H28N2O2. The van der Waals surface area contributed by atoms with E-state index in [2.05, 4.69) is 36.5 Å². The number of carbonyl (C=O) groups is 2. The van der Waals surface area contributed by atoms with E-state index in [-0.39, 0.29) is 17.9 Å². The van der Waals surface area contributed by atoms with Crippen molar-refractivity contribution in [1.82, 2.24) is 10.2 Å². The number of hydrogen-bond donors (Lipinski definition) is 1. The molecule has 1 atom stereocenters. The summed E-state index contributed by atoms with van der Waals surface area (Å²) >= 11 is 0. The number of piperidine rings is 1. The number of hydrogen-bond acceptors (Lipinski definition) is 2. The van der Waals surface area contributed by atoms with Gasteiger partial charge in [0.05, 0.1) is 6.42 Å². The molecule has 27 heavy (non-hydrogen) atoms. The molecule has 1 heterocycles. The van der Waals surface area contributed by atoms with E-state index in [4.69, 9.17) is 0 Å². The molecule has 0 bridgehead atoms. The maximum atomic E-state index is 12.8. The first-order chi connectivity index (χ1) is 13.1. The molecule has 2 aromatic rings. The molecular weight excluding hydrogens is 336 g/mol. The topological polar surface area (TPSA) is 49.4 Å². The second kappa shape index (κ2) is 9.36. The molecule has 2 aromatic carbocycles. The van der Waals surface area contributed by atoms with E-state index in [1.165, 1.54) is 11.1 Å². The quantitative estimate of drug-likeness (QED) is 0.855. The van der Waals surface area contributed by atoms with E-state index in [9.17, 15) is 9.59 Å². The van der Waals surface area contributed by atoms with Gasteiger partial charge in [-0.1, -0.05) is 60.2 Å². The minimum absolute atomic E-state index is 0.0248. The lowest BCUT2D eigenvalue weighted by molar-refractivity contribution is -0.141. The molecule has 1 aliphatic rings. The number of nitrogens with one attached hydrogen (secondary N) is 1. The summed E-state index contributed by atoms with van der Waals surface area (Å²) in [4.78, 5) is 27.2. The predicted octanol–water partition coefficient (Wildman–Crippen LogP) is 3.28. The maximum Gasteiger partial charge on any atom is 0.242 e. The Kier molecular flexibility index (Phi) is 6.64. The molecule has 0 radical (unpaired) electrons. The number of rotatable bonds is 6. The highest BCUT2D eigenvalue weighted by atomic mass is 16.2. The molecule has 1 N–H and O–H groups in total. The van der Waals surface area contributed by atoms with Gasteiger partial charge in [-0.25, -0.2) is 0 Å². The van der Waals surface area contributed by atoms with E-state index >= 15 is 0 Å². The van der Waals surface area contributed by atoms with Crippen LogP contribution in [0.2, 0.25) is 0 Å². The van der Waals surface area contributed by atoms with Crippen LogP contribution in [0.1, 0.15) is 36.0 Å². The fourth-order valence-electron chi connectivity index (χ4n) is 3.58. The fourth-order valence-corrected chi connectivity index (χ4v) is 3.58. The molecule has 3 rings (SSSR count). The van der Waals surface area contributed by atoms with Crippen molar-refractivity contribution in [3.05, 3.63) is 71.3 Å². The van der Waals surface area contributed by atoms with Gasteiger partial charge in [0.1, 0.15) is 6.04 Å². The van der Waals surface area contributed by atoms with Gasteiger partial charge in [0.25, 0.3) is 0 Å². The average molecular weight is 364 g/mol. The van der Waals surface area contributed by atoms with Gasteiger partial charge in [-0.3, -0.25) is 9.59 Å². The highest BCUT2D eigenvalue weighted by molar-refractivity contribution is 5.88. The van der Waals surface area contributed by atoms with Crippen LogP contribution in [0.15, 0.2) is 54.6 Å². The van der Waals surface area contributed by atoms with Crippen molar-refractivity contribution in [1.29, 1.82) is 0 Å². The Morgan fingerprint density at radius 3 is 2.48 bits per heavy atom. The lowest BCUT2D eigenvalue weighted by atomic mass is 10.00. The number of benzene rings is 2. The third-order valence-electron chi connectivity index (χ3n) is 5.16. The van der Waals surface area contributed by atoms with Gasteiger partial charge < -0.3 is 10.2 Å². The van der Waals surface area contributed by atoms with Crippen molar-refractivity contribution in [2.45, 2.75) is 45.1 Å². The molecule has 1 saturated heterocycles. The summed E-state index contributed by atoms with van der Waals surface area (Å²) in [6, 6.07) is 17.8. The number of likely N-dealkylation sites (tertiary alicyclic amines) is 1.